The van der Waals surface area contributed by atoms with E-state index in [4.69, 9.17) is 16.1 Å². The molecule has 1 saturated heterocycles. The fourth-order valence-electron chi connectivity index (χ4n) is 2.41. The van der Waals surface area contributed by atoms with E-state index in [0.29, 0.717) is 12.3 Å². The third-order valence-corrected chi connectivity index (χ3v) is 3.86. The molecule has 2 unspecified atom stereocenters. The van der Waals surface area contributed by atoms with Crippen molar-refractivity contribution < 1.29 is 14.4 Å². The molecule has 116 valence electrons. The maximum atomic E-state index is 12.2. The van der Waals surface area contributed by atoms with Crippen LogP contribution in [0.5, 0.6) is 0 Å². The van der Waals surface area contributed by atoms with Gasteiger partial charge in [0.1, 0.15) is 4.87 Å². The number of aliphatic hydroxyl groups excluding tert-OH is 1. The number of nitrogens with zero attached hydrogens (tertiary/aromatic N) is 3. The van der Waals surface area contributed by atoms with E-state index in [2.05, 4.69) is 11.7 Å². The van der Waals surface area contributed by atoms with E-state index in [-0.39, 0.29) is 18.4 Å². The maximum absolute atomic E-state index is 12.2. The van der Waals surface area contributed by atoms with Gasteiger partial charge >= 0.3 is 6.03 Å². The highest BCUT2D eigenvalue weighted by Gasteiger charge is 2.39. The Balaban J connectivity index is 2.21. The first-order valence-electron chi connectivity index (χ1n) is 6.94. The second-order valence-corrected chi connectivity index (χ2v) is 6.16. The lowest BCUT2D eigenvalue weighted by Gasteiger charge is -2.17. The zero-order chi connectivity index (χ0) is 15.6. The number of urea groups is 1. The van der Waals surface area contributed by atoms with Crippen LogP contribution in [0.3, 0.4) is 0 Å². The zero-order valence-corrected chi connectivity index (χ0v) is 13.0. The van der Waals surface area contributed by atoms with E-state index in [1.54, 1.807) is 12.1 Å². The van der Waals surface area contributed by atoms with Gasteiger partial charge in [-0.05, 0) is 13.3 Å². The van der Waals surface area contributed by atoms with Gasteiger partial charge in [0.15, 0.2) is 17.8 Å². The van der Waals surface area contributed by atoms with Gasteiger partial charge in [0, 0.05) is 12.6 Å². The van der Waals surface area contributed by atoms with Crippen LogP contribution in [-0.2, 0) is 4.87 Å². The second-order valence-electron chi connectivity index (χ2n) is 5.32. The molecule has 0 spiro atoms. The van der Waals surface area contributed by atoms with Crippen LogP contribution in [0.1, 0.15) is 32.4 Å². The number of hydrogen-bond acceptors (Lipinski definition) is 4. The second kappa shape index (κ2) is 6.07. The number of alkyl halides is 1. The average Bonchev–Trinajstić information content (AvgIpc) is 2.97. The molecular formula is C14H20ClN3O3. The van der Waals surface area contributed by atoms with Crippen molar-refractivity contribution in [1.29, 1.82) is 0 Å². The Morgan fingerprint density at radius 2 is 2.43 bits per heavy atom. The topological polar surface area (TPSA) is 69.8 Å². The average molecular weight is 314 g/mol. The SMILES string of the molecule is C=CCN1CC(O)N(c2cc(C(C)(Cl)CCC)on2)C1=O. The molecule has 0 aromatic carbocycles. The first-order chi connectivity index (χ1) is 9.90. The lowest BCUT2D eigenvalue weighted by molar-refractivity contribution is 0.179. The summed E-state index contributed by atoms with van der Waals surface area (Å²) in [4.78, 5) is 14.2. The van der Waals surface area contributed by atoms with Crippen molar-refractivity contribution in [3.05, 3.63) is 24.5 Å². The predicted octanol–water partition coefficient (Wildman–Crippen LogP) is 2.68. The summed E-state index contributed by atoms with van der Waals surface area (Å²) in [6.07, 6.45) is 2.28. The van der Waals surface area contributed by atoms with Gasteiger partial charge in [-0.2, -0.15) is 0 Å². The minimum atomic E-state index is -0.955. The number of aromatic nitrogens is 1. The third-order valence-electron chi connectivity index (χ3n) is 3.49. The van der Waals surface area contributed by atoms with Crippen molar-refractivity contribution in [3.8, 4) is 0 Å². The predicted molar refractivity (Wildman–Crippen MR) is 80.3 cm³/mol. The fraction of sp³-hybridized carbons (Fsp3) is 0.571. The van der Waals surface area contributed by atoms with Crippen LogP contribution in [0.25, 0.3) is 0 Å². The van der Waals surface area contributed by atoms with Crippen molar-refractivity contribution in [2.24, 2.45) is 0 Å². The highest BCUT2D eigenvalue weighted by molar-refractivity contribution is 6.23. The molecule has 21 heavy (non-hydrogen) atoms. The van der Waals surface area contributed by atoms with E-state index < -0.39 is 11.1 Å². The van der Waals surface area contributed by atoms with Crippen LogP contribution in [-0.4, -0.2) is 40.5 Å². The molecule has 1 fully saturated rings. The number of aliphatic hydroxyl groups is 1. The summed E-state index contributed by atoms with van der Waals surface area (Å²) in [5.41, 5.74) is 0. The van der Waals surface area contributed by atoms with E-state index in [1.807, 2.05) is 13.8 Å². The summed E-state index contributed by atoms with van der Waals surface area (Å²) in [6.45, 7) is 8.04. The van der Waals surface area contributed by atoms with E-state index >= 15 is 0 Å². The van der Waals surface area contributed by atoms with E-state index in [9.17, 15) is 9.90 Å². The molecule has 0 radical (unpaired) electrons. The van der Waals surface area contributed by atoms with Crippen LogP contribution in [0.4, 0.5) is 10.6 Å². The number of anilines is 1. The fourth-order valence-corrected chi connectivity index (χ4v) is 2.69. The lowest BCUT2D eigenvalue weighted by Crippen LogP contribution is -2.35. The number of carbonyl (C=O) groups is 1. The Morgan fingerprint density at radius 3 is 3.05 bits per heavy atom. The number of halogens is 1. The molecule has 1 aliphatic rings. The van der Waals surface area contributed by atoms with Gasteiger partial charge in [-0.15, -0.1) is 18.2 Å². The molecule has 1 N–H and O–H groups in total. The van der Waals surface area contributed by atoms with Crippen LogP contribution in [0, 0.1) is 0 Å². The van der Waals surface area contributed by atoms with Crippen molar-refractivity contribution >= 4 is 23.4 Å². The summed E-state index contributed by atoms with van der Waals surface area (Å²) in [5, 5.41) is 13.9. The maximum Gasteiger partial charge on any atom is 0.328 e. The Kier molecular flexibility index (Phi) is 4.58. The minimum Gasteiger partial charge on any atom is -0.371 e. The lowest BCUT2D eigenvalue weighted by atomic mass is 10.0. The first kappa shape index (κ1) is 15.9. The molecule has 1 aromatic rings. The Hall–Kier alpha value is -1.53. The van der Waals surface area contributed by atoms with Gasteiger partial charge in [0.2, 0.25) is 0 Å². The molecule has 0 saturated carbocycles. The van der Waals surface area contributed by atoms with Crippen molar-refractivity contribution in [3.63, 3.8) is 0 Å². The van der Waals surface area contributed by atoms with E-state index in [0.717, 1.165) is 12.8 Å². The Labute approximate surface area is 128 Å². The quantitative estimate of drug-likeness (QED) is 0.647. The molecule has 1 aliphatic heterocycles. The highest BCUT2D eigenvalue weighted by Crippen LogP contribution is 2.36. The smallest absolute Gasteiger partial charge is 0.328 e. The summed E-state index contributed by atoms with van der Waals surface area (Å²) in [5.74, 6) is 0.764. The normalized spacial score (nSPS) is 21.7. The Bertz CT molecular complexity index is 529. The highest BCUT2D eigenvalue weighted by atomic mass is 35.5. The number of amides is 2. The van der Waals surface area contributed by atoms with Crippen LogP contribution < -0.4 is 4.90 Å². The monoisotopic (exact) mass is 313 g/mol. The van der Waals surface area contributed by atoms with Crippen LogP contribution in [0.15, 0.2) is 23.2 Å². The summed E-state index contributed by atoms with van der Waals surface area (Å²) in [6, 6.07) is 1.29. The standard InChI is InChI=1S/C14H20ClN3O3/c1-4-6-14(3,15)10-8-11(16-21-10)18-12(19)9-17(7-5-2)13(18)20/h5,8,12,19H,2,4,6-7,9H2,1,3H3. The number of rotatable bonds is 6. The molecule has 6 nitrogen and oxygen atoms in total. The molecule has 0 aliphatic carbocycles. The zero-order valence-electron chi connectivity index (χ0n) is 12.3. The van der Waals surface area contributed by atoms with Gasteiger partial charge in [0.05, 0.1) is 6.54 Å². The largest absolute Gasteiger partial charge is 0.371 e. The number of β-amino-alcohol motifs (C(OH)–C–C–N with tert-alkyl or cyclic N) is 1. The number of carbonyl (C=O) groups excluding carboxylic acids is 1. The summed E-state index contributed by atoms with van der Waals surface area (Å²) in [7, 11) is 0. The molecule has 1 aromatic heterocycles. The van der Waals surface area contributed by atoms with Gasteiger partial charge in [-0.25, -0.2) is 9.69 Å². The summed E-state index contributed by atoms with van der Waals surface area (Å²) < 4.78 is 5.26. The molecule has 2 amide bonds. The van der Waals surface area contributed by atoms with Crippen molar-refractivity contribution in [1.82, 2.24) is 10.1 Å². The van der Waals surface area contributed by atoms with Crippen molar-refractivity contribution in [2.75, 3.05) is 18.0 Å². The molecule has 0 bridgehead atoms. The summed E-state index contributed by atoms with van der Waals surface area (Å²) >= 11 is 6.41. The first-order valence-corrected chi connectivity index (χ1v) is 7.31. The molecular weight excluding hydrogens is 294 g/mol. The van der Waals surface area contributed by atoms with Gasteiger partial charge in [-0.1, -0.05) is 24.6 Å². The van der Waals surface area contributed by atoms with Crippen LogP contribution in [0.2, 0.25) is 0 Å². The number of hydrogen-bond donors (Lipinski definition) is 1. The third kappa shape index (κ3) is 3.06. The van der Waals surface area contributed by atoms with Crippen molar-refractivity contribution in [2.45, 2.75) is 37.8 Å². The van der Waals surface area contributed by atoms with Gasteiger partial charge < -0.3 is 14.5 Å². The Morgan fingerprint density at radius 1 is 1.71 bits per heavy atom. The molecule has 2 atom stereocenters. The van der Waals surface area contributed by atoms with E-state index in [1.165, 1.54) is 9.80 Å². The van der Waals surface area contributed by atoms with Gasteiger partial charge in [0.25, 0.3) is 0 Å². The molecule has 2 heterocycles. The molecule has 7 heteroatoms. The molecule has 2 rings (SSSR count). The van der Waals surface area contributed by atoms with Crippen LogP contribution >= 0.6 is 11.6 Å². The minimum absolute atomic E-state index is 0.208. The van der Waals surface area contributed by atoms with Gasteiger partial charge in [-0.3, -0.25) is 0 Å².